The SMILES string of the molecule is CN(CCC(C)(C)C)C(=O)c1cccc(C(=O)O)n1. The largest absolute Gasteiger partial charge is 0.477 e. The minimum atomic E-state index is -1.13. The number of carbonyl (C=O) groups excluding carboxylic acids is 1. The van der Waals surface area contributed by atoms with Crippen molar-refractivity contribution in [2.45, 2.75) is 27.2 Å². The van der Waals surface area contributed by atoms with Gasteiger partial charge in [-0.15, -0.1) is 0 Å². The molecule has 1 rings (SSSR count). The average molecular weight is 264 g/mol. The molecule has 0 saturated heterocycles. The lowest BCUT2D eigenvalue weighted by atomic mass is 9.92. The summed E-state index contributed by atoms with van der Waals surface area (Å²) in [7, 11) is 1.70. The van der Waals surface area contributed by atoms with Gasteiger partial charge in [-0.3, -0.25) is 4.79 Å². The zero-order chi connectivity index (χ0) is 14.6. The maximum Gasteiger partial charge on any atom is 0.354 e. The zero-order valence-electron chi connectivity index (χ0n) is 11.8. The fraction of sp³-hybridized carbons (Fsp3) is 0.500. The van der Waals surface area contributed by atoms with Crippen LogP contribution in [0.25, 0.3) is 0 Å². The van der Waals surface area contributed by atoms with E-state index < -0.39 is 5.97 Å². The first kappa shape index (κ1) is 15.1. The highest BCUT2D eigenvalue weighted by Gasteiger charge is 2.18. The van der Waals surface area contributed by atoms with Crippen LogP contribution in [0.2, 0.25) is 0 Å². The van der Waals surface area contributed by atoms with Crippen LogP contribution in [0.5, 0.6) is 0 Å². The molecule has 1 N–H and O–H groups in total. The number of carbonyl (C=O) groups is 2. The van der Waals surface area contributed by atoms with Gasteiger partial charge >= 0.3 is 5.97 Å². The van der Waals surface area contributed by atoms with Crippen LogP contribution < -0.4 is 0 Å². The van der Waals surface area contributed by atoms with Gasteiger partial charge in [-0.25, -0.2) is 9.78 Å². The Morgan fingerprint density at radius 3 is 2.37 bits per heavy atom. The maximum absolute atomic E-state index is 12.1. The molecule has 0 aliphatic carbocycles. The van der Waals surface area contributed by atoms with E-state index in [9.17, 15) is 9.59 Å². The molecule has 1 amide bonds. The molecule has 0 aromatic carbocycles. The Labute approximate surface area is 113 Å². The summed E-state index contributed by atoms with van der Waals surface area (Å²) in [6.45, 7) is 6.93. The van der Waals surface area contributed by atoms with Gasteiger partial charge in [0.1, 0.15) is 11.4 Å². The topological polar surface area (TPSA) is 70.5 Å². The van der Waals surface area contributed by atoms with E-state index in [4.69, 9.17) is 5.11 Å². The minimum absolute atomic E-state index is 0.116. The number of carboxylic acid groups (broad SMARTS) is 1. The lowest BCUT2D eigenvalue weighted by molar-refractivity contribution is 0.0690. The van der Waals surface area contributed by atoms with E-state index in [2.05, 4.69) is 25.8 Å². The number of aromatic carboxylic acids is 1. The van der Waals surface area contributed by atoms with Gasteiger partial charge < -0.3 is 10.0 Å². The molecule has 1 heterocycles. The molecule has 5 heteroatoms. The summed E-state index contributed by atoms with van der Waals surface area (Å²) in [5, 5.41) is 8.85. The van der Waals surface area contributed by atoms with Crippen LogP contribution in [0.15, 0.2) is 18.2 Å². The number of amides is 1. The van der Waals surface area contributed by atoms with E-state index in [1.807, 2.05) is 0 Å². The molecule has 0 atom stereocenters. The van der Waals surface area contributed by atoms with Gasteiger partial charge in [-0.1, -0.05) is 26.8 Å². The first-order valence-electron chi connectivity index (χ1n) is 6.16. The fourth-order valence-electron chi connectivity index (χ4n) is 1.47. The molecule has 1 aromatic rings. The van der Waals surface area contributed by atoms with Crippen LogP contribution in [-0.4, -0.2) is 40.5 Å². The monoisotopic (exact) mass is 264 g/mol. The molecule has 0 saturated carbocycles. The molecular formula is C14H20N2O3. The summed E-state index contributed by atoms with van der Waals surface area (Å²) in [6, 6.07) is 4.43. The molecule has 0 bridgehead atoms. The molecule has 0 fully saturated rings. The highest BCUT2D eigenvalue weighted by molar-refractivity contribution is 5.94. The quantitative estimate of drug-likeness (QED) is 0.905. The number of rotatable bonds is 4. The standard InChI is InChI=1S/C14H20N2O3/c1-14(2,3)8-9-16(4)12(17)10-6-5-7-11(15-10)13(18)19/h5-7H,8-9H2,1-4H3,(H,18,19). The Kier molecular flexibility index (Phi) is 4.64. The highest BCUT2D eigenvalue weighted by atomic mass is 16.4. The van der Waals surface area contributed by atoms with E-state index >= 15 is 0 Å². The minimum Gasteiger partial charge on any atom is -0.477 e. The molecule has 0 radical (unpaired) electrons. The molecule has 0 unspecified atom stereocenters. The van der Waals surface area contributed by atoms with Crippen LogP contribution in [-0.2, 0) is 0 Å². The first-order valence-corrected chi connectivity index (χ1v) is 6.16. The third-order valence-electron chi connectivity index (χ3n) is 2.73. The molecule has 1 aromatic heterocycles. The third-order valence-corrected chi connectivity index (χ3v) is 2.73. The van der Waals surface area contributed by atoms with Crippen molar-refractivity contribution in [2.24, 2.45) is 5.41 Å². The second kappa shape index (κ2) is 5.82. The van der Waals surface area contributed by atoms with Gasteiger partial charge in [0.2, 0.25) is 0 Å². The van der Waals surface area contributed by atoms with Gasteiger partial charge in [0.25, 0.3) is 5.91 Å². The van der Waals surface area contributed by atoms with Gasteiger partial charge in [-0.2, -0.15) is 0 Å². The summed E-state index contributed by atoms with van der Waals surface area (Å²) in [5.74, 6) is -1.39. The summed E-state index contributed by atoms with van der Waals surface area (Å²) in [5.41, 5.74) is 0.191. The molecule has 104 valence electrons. The van der Waals surface area contributed by atoms with Crippen molar-refractivity contribution in [3.05, 3.63) is 29.6 Å². The molecule has 5 nitrogen and oxygen atoms in total. The van der Waals surface area contributed by atoms with E-state index in [0.717, 1.165) is 6.42 Å². The van der Waals surface area contributed by atoms with E-state index in [0.29, 0.717) is 6.54 Å². The van der Waals surface area contributed by atoms with E-state index in [1.54, 1.807) is 11.9 Å². The lowest BCUT2D eigenvalue weighted by Crippen LogP contribution is -2.30. The molecule has 0 aliphatic rings. The Morgan fingerprint density at radius 2 is 1.84 bits per heavy atom. The molecule has 0 spiro atoms. The number of hydrogen-bond acceptors (Lipinski definition) is 3. The second-order valence-electron chi connectivity index (χ2n) is 5.75. The lowest BCUT2D eigenvalue weighted by Gasteiger charge is -2.23. The summed E-state index contributed by atoms with van der Waals surface area (Å²) in [4.78, 5) is 28.3. The van der Waals surface area contributed by atoms with Crippen molar-refractivity contribution in [2.75, 3.05) is 13.6 Å². The highest BCUT2D eigenvalue weighted by Crippen LogP contribution is 2.18. The Morgan fingerprint density at radius 1 is 1.26 bits per heavy atom. The van der Waals surface area contributed by atoms with Crippen LogP contribution in [0, 0.1) is 5.41 Å². The number of aromatic nitrogens is 1. The maximum atomic E-state index is 12.1. The molecule has 19 heavy (non-hydrogen) atoms. The van der Waals surface area contributed by atoms with Crippen LogP contribution >= 0.6 is 0 Å². The predicted molar refractivity (Wildman–Crippen MR) is 72.2 cm³/mol. The number of hydrogen-bond donors (Lipinski definition) is 1. The normalized spacial score (nSPS) is 11.2. The summed E-state index contributed by atoms with van der Waals surface area (Å²) in [6.07, 6.45) is 0.869. The fourth-order valence-corrected chi connectivity index (χ4v) is 1.47. The van der Waals surface area contributed by atoms with Gasteiger partial charge in [0, 0.05) is 13.6 Å². The smallest absolute Gasteiger partial charge is 0.354 e. The summed E-state index contributed by atoms with van der Waals surface area (Å²) >= 11 is 0. The average Bonchev–Trinajstić information content (AvgIpc) is 2.34. The van der Waals surface area contributed by atoms with Gasteiger partial charge in [0.05, 0.1) is 0 Å². The first-order chi connectivity index (χ1) is 8.70. The van der Waals surface area contributed by atoms with Crippen molar-refractivity contribution in [1.82, 2.24) is 9.88 Å². The Hall–Kier alpha value is -1.91. The van der Waals surface area contributed by atoms with Gasteiger partial charge in [0.15, 0.2) is 0 Å². The molecule has 0 aliphatic heterocycles. The summed E-state index contributed by atoms with van der Waals surface area (Å²) < 4.78 is 0. The third kappa shape index (κ3) is 4.69. The Bertz CT molecular complexity index is 478. The molecular weight excluding hydrogens is 244 g/mol. The van der Waals surface area contributed by atoms with E-state index in [1.165, 1.54) is 18.2 Å². The van der Waals surface area contributed by atoms with Crippen LogP contribution in [0.4, 0.5) is 0 Å². The van der Waals surface area contributed by atoms with E-state index in [-0.39, 0.29) is 22.7 Å². The van der Waals surface area contributed by atoms with Crippen molar-refractivity contribution in [3.8, 4) is 0 Å². The van der Waals surface area contributed by atoms with Crippen molar-refractivity contribution >= 4 is 11.9 Å². The number of carboxylic acids is 1. The van der Waals surface area contributed by atoms with Crippen molar-refractivity contribution in [3.63, 3.8) is 0 Å². The van der Waals surface area contributed by atoms with Crippen LogP contribution in [0.1, 0.15) is 48.2 Å². The van der Waals surface area contributed by atoms with Crippen molar-refractivity contribution < 1.29 is 14.7 Å². The van der Waals surface area contributed by atoms with Crippen LogP contribution in [0.3, 0.4) is 0 Å². The van der Waals surface area contributed by atoms with Crippen molar-refractivity contribution in [1.29, 1.82) is 0 Å². The Balaban J connectivity index is 2.77. The zero-order valence-corrected chi connectivity index (χ0v) is 11.8. The second-order valence-corrected chi connectivity index (χ2v) is 5.75. The van der Waals surface area contributed by atoms with Gasteiger partial charge in [-0.05, 0) is 24.0 Å². The number of nitrogens with zero attached hydrogens (tertiary/aromatic N) is 2. The predicted octanol–water partition coefficient (Wildman–Crippen LogP) is 2.29. The number of pyridine rings is 1.